The maximum absolute atomic E-state index is 5.50. The van der Waals surface area contributed by atoms with Gasteiger partial charge in [0, 0.05) is 23.3 Å². The fourth-order valence-electron chi connectivity index (χ4n) is 1.76. The Morgan fingerprint density at radius 2 is 2.35 bits per heavy atom. The molecular formula is C12H18N2OS2. The molecule has 0 N–H and O–H groups in total. The van der Waals surface area contributed by atoms with Crippen molar-refractivity contribution >= 4 is 21.6 Å². The van der Waals surface area contributed by atoms with Crippen molar-refractivity contribution in [3.63, 3.8) is 0 Å². The minimum absolute atomic E-state index is 0.634. The first-order valence-electron chi connectivity index (χ1n) is 6.14. The van der Waals surface area contributed by atoms with Crippen molar-refractivity contribution in [1.82, 2.24) is 10.2 Å². The van der Waals surface area contributed by atoms with Crippen LogP contribution in [-0.2, 0) is 0 Å². The third-order valence-corrected chi connectivity index (χ3v) is 5.70. The summed E-state index contributed by atoms with van der Waals surface area (Å²) in [6.07, 6.45) is 8.10. The number of hydrogen-bond donors (Lipinski definition) is 0. The predicted molar refractivity (Wildman–Crippen MR) is 74.4 cm³/mol. The SMILES string of the molecule is c1cnnc(OCCCCC[C@@H]2CCSS2)c1. The molecule has 5 heteroatoms. The maximum Gasteiger partial charge on any atom is 0.233 e. The van der Waals surface area contributed by atoms with Crippen LogP contribution in [0.15, 0.2) is 18.3 Å². The predicted octanol–water partition coefficient (Wildman–Crippen LogP) is 3.57. The van der Waals surface area contributed by atoms with E-state index in [1.54, 1.807) is 6.20 Å². The van der Waals surface area contributed by atoms with Gasteiger partial charge in [-0.1, -0.05) is 34.4 Å². The molecule has 0 aromatic carbocycles. The standard InChI is InChI=1S/C12H18N2OS2/c1(2-5-11-7-10-16-17-11)3-9-15-12-6-4-8-13-14-12/h4,6,8,11H,1-3,5,7,9-10H2/t11-/m1/s1. The monoisotopic (exact) mass is 270 g/mol. The van der Waals surface area contributed by atoms with Crippen molar-refractivity contribution < 1.29 is 4.74 Å². The van der Waals surface area contributed by atoms with Crippen LogP contribution in [0.5, 0.6) is 5.88 Å². The van der Waals surface area contributed by atoms with E-state index in [4.69, 9.17) is 4.74 Å². The quantitative estimate of drug-likeness (QED) is 0.559. The number of rotatable bonds is 7. The summed E-state index contributed by atoms with van der Waals surface area (Å²) in [6, 6.07) is 3.69. The molecular weight excluding hydrogens is 252 g/mol. The van der Waals surface area contributed by atoms with Gasteiger partial charge in [-0.25, -0.2) is 0 Å². The van der Waals surface area contributed by atoms with Gasteiger partial charge in [-0.05, 0) is 25.3 Å². The molecule has 1 aromatic heterocycles. The van der Waals surface area contributed by atoms with Gasteiger partial charge in [-0.2, -0.15) is 5.10 Å². The second-order valence-corrected chi connectivity index (χ2v) is 6.88. The van der Waals surface area contributed by atoms with Crippen LogP contribution < -0.4 is 4.74 Å². The summed E-state index contributed by atoms with van der Waals surface area (Å²) in [5, 5.41) is 8.56. The summed E-state index contributed by atoms with van der Waals surface area (Å²) in [5.41, 5.74) is 0. The zero-order valence-corrected chi connectivity index (χ0v) is 11.5. The average molecular weight is 270 g/mol. The highest BCUT2D eigenvalue weighted by Gasteiger charge is 2.15. The highest BCUT2D eigenvalue weighted by atomic mass is 33.1. The summed E-state index contributed by atoms with van der Waals surface area (Å²) >= 11 is 0. The average Bonchev–Trinajstić information content (AvgIpc) is 2.88. The minimum Gasteiger partial charge on any atom is -0.477 e. The molecule has 0 unspecified atom stereocenters. The Balaban J connectivity index is 1.46. The fourth-order valence-corrected chi connectivity index (χ4v) is 4.78. The van der Waals surface area contributed by atoms with Gasteiger partial charge in [0.1, 0.15) is 0 Å². The molecule has 2 heterocycles. The van der Waals surface area contributed by atoms with Gasteiger partial charge in [0.25, 0.3) is 0 Å². The van der Waals surface area contributed by atoms with Gasteiger partial charge in [0.2, 0.25) is 5.88 Å². The van der Waals surface area contributed by atoms with E-state index in [1.807, 2.05) is 22.9 Å². The first-order chi connectivity index (χ1) is 8.45. The molecule has 17 heavy (non-hydrogen) atoms. The highest BCUT2D eigenvalue weighted by molar-refractivity contribution is 8.77. The highest BCUT2D eigenvalue weighted by Crippen LogP contribution is 2.39. The van der Waals surface area contributed by atoms with E-state index in [0.717, 1.165) is 18.3 Å². The van der Waals surface area contributed by atoms with Crippen LogP contribution in [0.1, 0.15) is 32.1 Å². The molecule has 0 spiro atoms. The Labute approximate surface area is 111 Å². The smallest absolute Gasteiger partial charge is 0.233 e. The van der Waals surface area contributed by atoms with Crippen molar-refractivity contribution in [3.05, 3.63) is 18.3 Å². The molecule has 0 amide bonds. The fraction of sp³-hybridized carbons (Fsp3) is 0.667. The Hall–Kier alpha value is -0.420. The van der Waals surface area contributed by atoms with E-state index >= 15 is 0 Å². The molecule has 0 saturated carbocycles. The molecule has 2 rings (SSSR count). The van der Waals surface area contributed by atoms with Crippen molar-refractivity contribution in [1.29, 1.82) is 0 Å². The largest absolute Gasteiger partial charge is 0.477 e. The van der Waals surface area contributed by atoms with Crippen LogP contribution >= 0.6 is 21.6 Å². The second-order valence-electron chi connectivity index (χ2n) is 4.09. The van der Waals surface area contributed by atoms with Gasteiger partial charge in [-0.3, -0.25) is 0 Å². The van der Waals surface area contributed by atoms with Crippen LogP contribution in [0, 0.1) is 0 Å². The van der Waals surface area contributed by atoms with Crippen LogP contribution in [0.2, 0.25) is 0 Å². The van der Waals surface area contributed by atoms with Gasteiger partial charge in [-0.15, -0.1) is 5.10 Å². The van der Waals surface area contributed by atoms with Gasteiger partial charge in [0.15, 0.2) is 0 Å². The van der Waals surface area contributed by atoms with Crippen LogP contribution in [0.4, 0.5) is 0 Å². The minimum atomic E-state index is 0.634. The van der Waals surface area contributed by atoms with E-state index in [1.165, 1.54) is 31.4 Å². The number of nitrogens with zero attached hydrogens (tertiary/aromatic N) is 2. The van der Waals surface area contributed by atoms with Crippen molar-refractivity contribution in [2.24, 2.45) is 0 Å². The lowest BCUT2D eigenvalue weighted by molar-refractivity contribution is 0.290. The Morgan fingerprint density at radius 3 is 3.12 bits per heavy atom. The molecule has 1 aliphatic heterocycles. The van der Waals surface area contributed by atoms with E-state index in [0.29, 0.717) is 5.88 Å². The third-order valence-electron chi connectivity index (χ3n) is 2.70. The summed E-state index contributed by atoms with van der Waals surface area (Å²) in [7, 11) is 4.09. The normalized spacial score (nSPS) is 19.4. The van der Waals surface area contributed by atoms with Crippen LogP contribution in [-0.4, -0.2) is 27.8 Å². The lowest BCUT2D eigenvalue weighted by Crippen LogP contribution is -2.01. The number of unbranched alkanes of at least 4 members (excludes halogenated alkanes) is 2. The van der Waals surface area contributed by atoms with E-state index in [-0.39, 0.29) is 0 Å². The Morgan fingerprint density at radius 1 is 1.35 bits per heavy atom. The van der Waals surface area contributed by atoms with E-state index < -0.39 is 0 Å². The van der Waals surface area contributed by atoms with Crippen molar-refractivity contribution in [2.75, 3.05) is 12.4 Å². The van der Waals surface area contributed by atoms with Crippen LogP contribution in [0.25, 0.3) is 0 Å². The van der Waals surface area contributed by atoms with Crippen molar-refractivity contribution in [2.45, 2.75) is 37.4 Å². The molecule has 0 bridgehead atoms. The molecule has 1 aliphatic rings. The maximum atomic E-state index is 5.50. The zero-order valence-electron chi connectivity index (χ0n) is 9.88. The molecule has 3 nitrogen and oxygen atoms in total. The van der Waals surface area contributed by atoms with Gasteiger partial charge < -0.3 is 4.74 Å². The molecule has 0 aliphatic carbocycles. The van der Waals surface area contributed by atoms with Crippen molar-refractivity contribution in [3.8, 4) is 5.88 Å². The van der Waals surface area contributed by atoms with E-state index in [2.05, 4.69) is 21.0 Å². The van der Waals surface area contributed by atoms with Gasteiger partial charge >= 0.3 is 0 Å². The summed E-state index contributed by atoms with van der Waals surface area (Å²) in [5.74, 6) is 1.97. The Kier molecular flexibility index (Phi) is 5.99. The summed E-state index contributed by atoms with van der Waals surface area (Å²) in [4.78, 5) is 0. The molecule has 1 fully saturated rings. The lowest BCUT2D eigenvalue weighted by atomic mass is 10.1. The summed E-state index contributed by atoms with van der Waals surface area (Å²) in [6.45, 7) is 0.755. The van der Waals surface area contributed by atoms with E-state index in [9.17, 15) is 0 Å². The first-order valence-corrected chi connectivity index (χ1v) is 8.52. The number of ether oxygens (including phenoxy) is 1. The van der Waals surface area contributed by atoms with Crippen LogP contribution in [0.3, 0.4) is 0 Å². The molecule has 0 radical (unpaired) electrons. The number of hydrogen-bond acceptors (Lipinski definition) is 5. The molecule has 94 valence electrons. The second kappa shape index (κ2) is 7.82. The molecule has 1 aromatic rings. The lowest BCUT2D eigenvalue weighted by Gasteiger charge is -2.07. The zero-order chi connectivity index (χ0) is 11.8. The topological polar surface area (TPSA) is 35.0 Å². The van der Waals surface area contributed by atoms with Gasteiger partial charge in [0.05, 0.1) is 6.61 Å². The Bertz CT molecular complexity index is 305. The number of aromatic nitrogens is 2. The molecule has 1 saturated heterocycles. The third kappa shape index (κ3) is 5.17. The molecule has 1 atom stereocenters. The summed E-state index contributed by atoms with van der Waals surface area (Å²) < 4.78 is 5.50. The first kappa shape index (κ1) is 13.0.